The zero-order valence-electron chi connectivity index (χ0n) is 12.0. The Bertz CT molecular complexity index is 688. The van der Waals surface area contributed by atoms with Crippen molar-refractivity contribution in [1.82, 2.24) is 20.1 Å². The second-order valence-corrected chi connectivity index (χ2v) is 5.07. The predicted octanol–water partition coefficient (Wildman–Crippen LogP) is 1.56. The molecule has 1 aromatic carbocycles. The fourth-order valence-electron chi connectivity index (χ4n) is 2.46. The number of urea groups is 1. The molecule has 1 aliphatic rings. The number of amides is 2. The highest BCUT2D eigenvalue weighted by Crippen LogP contribution is 2.20. The van der Waals surface area contributed by atoms with Crippen LogP contribution in [0.2, 0.25) is 0 Å². The summed E-state index contributed by atoms with van der Waals surface area (Å²) in [5.74, 6) is 0.799. The van der Waals surface area contributed by atoms with Crippen molar-refractivity contribution < 1.29 is 13.9 Å². The molecule has 0 saturated heterocycles. The summed E-state index contributed by atoms with van der Waals surface area (Å²) in [6.45, 7) is 0.579. The highest BCUT2D eigenvalue weighted by atomic mass is 19.1. The molecule has 8 heteroatoms. The molecule has 1 aromatic heterocycles. The van der Waals surface area contributed by atoms with Gasteiger partial charge in [-0.2, -0.15) is 5.10 Å². The van der Waals surface area contributed by atoms with Crippen LogP contribution in [-0.2, 0) is 13.0 Å². The number of methoxy groups -OCH3 is 1. The lowest BCUT2D eigenvalue weighted by atomic mass is 10.1. The van der Waals surface area contributed by atoms with E-state index in [2.05, 4.69) is 20.7 Å². The minimum Gasteiger partial charge on any atom is -0.497 e. The van der Waals surface area contributed by atoms with Crippen LogP contribution in [0.5, 0.6) is 5.75 Å². The zero-order valence-corrected chi connectivity index (χ0v) is 12.0. The van der Waals surface area contributed by atoms with E-state index in [0.29, 0.717) is 18.0 Å². The third-order valence-electron chi connectivity index (χ3n) is 3.51. The number of nitrogens with zero attached hydrogens (tertiary/aromatic N) is 3. The van der Waals surface area contributed by atoms with Gasteiger partial charge in [-0.15, -0.1) is 0 Å². The summed E-state index contributed by atoms with van der Waals surface area (Å²) in [5, 5.41) is 9.56. The van der Waals surface area contributed by atoms with Gasteiger partial charge in [0, 0.05) is 24.2 Å². The normalized spacial score (nSPS) is 16.7. The Morgan fingerprint density at radius 3 is 3.14 bits per heavy atom. The van der Waals surface area contributed by atoms with Gasteiger partial charge in [0.15, 0.2) is 0 Å². The fraction of sp³-hybridized carbons (Fsp3) is 0.357. The van der Waals surface area contributed by atoms with Crippen LogP contribution in [0.15, 0.2) is 24.5 Å². The molecule has 22 heavy (non-hydrogen) atoms. The summed E-state index contributed by atoms with van der Waals surface area (Å²) in [5.41, 5.74) is 0.339. The van der Waals surface area contributed by atoms with Crippen molar-refractivity contribution >= 4 is 11.7 Å². The Morgan fingerprint density at radius 1 is 1.45 bits per heavy atom. The predicted molar refractivity (Wildman–Crippen MR) is 77.2 cm³/mol. The minimum absolute atomic E-state index is 0.0374. The van der Waals surface area contributed by atoms with E-state index >= 15 is 0 Å². The molecule has 3 rings (SSSR count). The molecule has 0 aliphatic carbocycles. The summed E-state index contributed by atoms with van der Waals surface area (Å²) in [4.78, 5) is 16.1. The van der Waals surface area contributed by atoms with Gasteiger partial charge in [0.25, 0.3) is 0 Å². The second kappa shape index (κ2) is 6.00. The number of aromatic nitrogens is 3. The Balaban J connectivity index is 1.60. The summed E-state index contributed by atoms with van der Waals surface area (Å²) in [7, 11) is 1.44. The van der Waals surface area contributed by atoms with Crippen LogP contribution in [0.1, 0.15) is 12.2 Å². The van der Waals surface area contributed by atoms with Crippen molar-refractivity contribution in [3.63, 3.8) is 0 Å². The van der Waals surface area contributed by atoms with Crippen LogP contribution in [0.3, 0.4) is 0 Å². The summed E-state index contributed by atoms with van der Waals surface area (Å²) >= 11 is 0. The number of rotatable bonds is 3. The lowest BCUT2D eigenvalue weighted by Crippen LogP contribution is -2.43. The van der Waals surface area contributed by atoms with E-state index in [-0.39, 0.29) is 12.1 Å². The summed E-state index contributed by atoms with van der Waals surface area (Å²) < 4.78 is 20.1. The molecule has 0 saturated carbocycles. The number of carbonyl (C=O) groups is 1. The van der Waals surface area contributed by atoms with E-state index in [1.807, 2.05) is 0 Å². The van der Waals surface area contributed by atoms with Gasteiger partial charge < -0.3 is 15.4 Å². The van der Waals surface area contributed by atoms with Gasteiger partial charge in [-0.1, -0.05) is 0 Å². The summed E-state index contributed by atoms with van der Waals surface area (Å²) in [6, 6.07) is 3.61. The average molecular weight is 305 g/mol. The van der Waals surface area contributed by atoms with Gasteiger partial charge in [-0.25, -0.2) is 18.9 Å². The maximum Gasteiger partial charge on any atom is 0.319 e. The average Bonchev–Trinajstić information content (AvgIpc) is 2.93. The number of aryl methyl sites for hydroxylation is 1. The maximum absolute atomic E-state index is 13.4. The van der Waals surface area contributed by atoms with Crippen LogP contribution in [0.25, 0.3) is 0 Å². The van der Waals surface area contributed by atoms with Crippen molar-refractivity contribution in [2.24, 2.45) is 0 Å². The van der Waals surface area contributed by atoms with Gasteiger partial charge in [-0.05, 0) is 12.5 Å². The molecule has 1 aliphatic heterocycles. The SMILES string of the molecule is COc1cc(F)cc(NC(=O)N[C@@H]2CCc3ncnn3C2)c1. The Labute approximate surface area is 126 Å². The van der Waals surface area contributed by atoms with Crippen LogP contribution < -0.4 is 15.4 Å². The first-order valence-corrected chi connectivity index (χ1v) is 6.93. The molecule has 2 aromatic rings. The number of anilines is 1. The molecule has 2 amide bonds. The third kappa shape index (κ3) is 3.16. The molecule has 7 nitrogen and oxygen atoms in total. The van der Waals surface area contributed by atoms with Crippen LogP contribution in [0, 0.1) is 5.82 Å². The molecule has 0 spiro atoms. The van der Waals surface area contributed by atoms with Crippen molar-refractivity contribution in [2.75, 3.05) is 12.4 Å². The number of hydrogen-bond donors (Lipinski definition) is 2. The maximum atomic E-state index is 13.4. The molecule has 1 atom stereocenters. The molecular formula is C14H16FN5O2. The van der Waals surface area contributed by atoms with Crippen molar-refractivity contribution in [3.05, 3.63) is 36.2 Å². The number of nitrogens with one attached hydrogen (secondary N) is 2. The van der Waals surface area contributed by atoms with E-state index in [1.165, 1.54) is 25.6 Å². The van der Waals surface area contributed by atoms with E-state index < -0.39 is 5.82 Å². The van der Waals surface area contributed by atoms with Crippen LogP contribution in [-0.4, -0.2) is 33.9 Å². The van der Waals surface area contributed by atoms with Gasteiger partial charge in [0.05, 0.1) is 19.7 Å². The van der Waals surface area contributed by atoms with Crippen molar-refractivity contribution in [1.29, 1.82) is 0 Å². The number of fused-ring (bicyclic) bond motifs is 1. The van der Waals surface area contributed by atoms with Crippen molar-refractivity contribution in [2.45, 2.75) is 25.4 Å². The molecule has 0 fully saturated rings. The van der Waals surface area contributed by atoms with E-state index in [0.717, 1.165) is 18.7 Å². The lowest BCUT2D eigenvalue weighted by Gasteiger charge is -2.23. The molecule has 0 unspecified atom stereocenters. The van der Waals surface area contributed by atoms with E-state index in [4.69, 9.17) is 4.74 Å². The fourth-order valence-corrected chi connectivity index (χ4v) is 2.46. The minimum atomic E-state index is -0.473. The van der Waals surface area contributed by atoms with E-state index in [1.54, 1.807) is 10.7 Å². The quantitative estimate of drug-likeness (QED) is 0.902. The molecule has 2 N–H and O–H groups in total. The highest BCUT2D eigenvalue weighted by molar-refractivity contribution is 5.89. The first-order valence-electron chi connectivity index (χ1n) is 6.93. The Hall–Kier alpha value is -2.64. The first-order chi connectivity index (χ1) is 10.6. The molecule has 0 bridgehead atoms. The number of carbonyl (C=O) groups excluding carboxylic acids is 1. The van der Waals surface area contributed by atoms with Crippen LogP contribution >= 0.6 is 0 Å². The van der Waals surface area contributed by atoms with Gasteiger partial charge in [0.1, 0.15) is 23.7 Å². The lowest BCUT2D eigenvalue weighted by molar-refractivity contribution is 0.243. The number of hydrogen-bond acceptors (Lipinski definition) is 4. The van der Waals surface area contributed by atoms with Gasteiger partial charge >= 0.3 is 6.03 Å². The topological polar surface area (TPSA) is 81.1 Å². The van der Waals surface area contributed by atoms with Crippen LogP contribution in [0.4, 0.5) is 14.9 Å². The Morgan fingerprint density at radius 2 is 2.32 bits per heavy atom. The second-order valence-electron chi connectivity index (χ2n) is 5.07. The van der Waals surface area contributed by atoms with Gasteiger partial charge in [0.2, 0.25) is 0 Å². The van der Waals surface area contributed by atoms with Gasteiger partial charge in [-0.3, -0.25) is 0 Å². The zero-order chi connectivity index (χ0) is 15.5. The third-order valence-corrected chi connectivity index (χ3v) is 3.51. The monoisotopic (exact) mass is 305 g/mol. The molecule has 2 heterocycles. The largest absolute Gasteiger partial charge is 0.497 e. The van der Waals surface area contributed by atoms with Crippen molar-refractivity contribution in [3.8, 4) is 5.75 Å². The smallest absolute Gasteiger partial charge is 0.319 e. The number of halogens is 1. The first kappa shape index (κ1) is 14.3. The highest BCUT2D eigenvalue weighted by Gasteiger charge is 2.21. The molecule has 0 radical (unpaired) electrons. The molecule has 116 valence electrons. The summed E-state index contributed by atoms with van der Waals surface area (Å²) in [6.07, 6.45) is 3.06. The number of ether oxygens (including phenoxy) is 1. The van der Waals surface area contributed by atoms with E-state index in [9.17, 15) is 9.18 Å². The molecular weight excluding hydrogens is 289 g/mol. The number of benzene rings is 1. The Kier molecular flexibility index (Phi) is 3.90. The standard InChI is InChI=1S/C14H16FN5O2/c1-22-12-5-9(15)4-11(6-12)19-14(21)18-10-2-3-13-16-8-17-20(13)7-10/h4-6,8,10H,2-3,7H2,1H3,(H2,18,19,21)/t10-/m1/s1.